The zero-order valence-electron chi connectivity index (χ0n) is 17.5. The van der Waals surface area contributed by atoms with E-state index in [9.17, 15) is 14.4 Å². The molecule has 0 saturated heterocycles. The first-order chi connectivity index (χ1) is 16.2. The van der Waals surface area contributed by atoms with E-state index >= 15 is 0 Å². The summed E-state index contributed by atoms with van der Waals surface area (Å²) in [5.41, 5.74) is 0.0590. The molecule has 0 bridgehead atoms. The van der Waals surface area contributed by atoms with Gasteiger partial charge in [-0.3, -0.25) is 14.4 Å². The topological polar surface area (TPSA) is 84.9 Å². The Morgan fingerprint density at radius 2 is 1.41 bits per heavy atom. The van der Waals surface area contributed by atoms with Gasteiger partial charge in [-0.25, -0.2) is 4.90 Å². The minimum Gasteiger partial charge on any atom is -0.497 e. The number of carbonyl (C=O) groups is 3. The van der Waals surface area contributed by atoms with Crippen molar-refractivity contribution in [3.8, 4) is 11.5 Å². The van der Waals surface area contributed by atoms with Gasteiger partial charge in [0.1, 0.15) is 11.5 Å². The van der Waals surface area contributed by atoms with Crippen molar-refractivity contribution in [1.29, 1.82) is 0 Å². The predicted octanol–water partition coefficient (Wildman–Crippen LogP) is 6.37. The Labute approximate surface area is 214 Å². The normalized spacial score (nSPS) is 12.6. The second-order valence-corrected chi connectivity index (χ2v) is 8.50. The van der Waals surface area contributed by atoms with Gasteiger partial charge in [-0.1, -0.05) is 58.5 Å². The quantitative estimate of drug-likeness (QED) is 0.231. The number of rotatable bonds is 5. The molecule has 3 amide bonds. The number of nitrogens with one attached hydrogen (secondary N) is 1. The van der Waals surface area contributed by atoms with Crippen LogP contribution in [-0.2, 0) is 0 Å². The molecule has 0 radical (unpaired) electrons. The molecule has 7 nitrogen and oxygen atoms in total. The lowest BCUT2D eigenvalue weighted by Gasteiger charge is -2.18. The van der Waals surface area contributed by atoms with Crippen LogP contribution in [0.2, 0.25) is 20.1 Å². The fourth-order valence-electron chi connectivity index (χ4n) is 3.52. The SMILES string of the molecule is COc1ccc(NC(=O)c2ccccc2N2C(=O)c3c(Cl)c(Cl)c(Cl)c(Cl)c3C2=O)c(OC)c1. The minimum atomic E-state index is -0.784. The predicted molar refractivity (Wildman–Crippen MR) is 132 cm³/mol. The maximum Gasteiger partial charge on any atom is 0.267 e. The molecule has 0 fully saturated rings. The number of amides is 3. The summed E-state index contributed by atoms with van der Waals surface area (Å²) in [5.74, 6) is -1.27. The average molecular weight is 540 g/mol. The number of para-hydroxylation sites is 1. The molecule has 34 heavy (non-hydrogen) atoms. The van der Waals surface area contributed by atoms with Crippen LogP contribution in [0.4, 0.5) is 11.4 Å². The summed E-state index contributed by atoms with van der Waals surface area (Å²) in [6.07, 6.45) is 0. The molecule has 0 saturated carbocycles. The third-order valence-electron chi connectivity index (χ3n) is 5.15. The van der Waals surface area contributed by atoms with Crippen molar-refractivity contribution in [1.82, 2.24) is 0 Å². The van der Waals surface area contributed by atoms with Crippen LogP contribution in [0.5, 0.6) is 11.5 Å². The molecule has 1 heterocycles. The van der Waals surface area contributed by atoms with Crippen LogP contribution in [0.15, 0.2) is 42.5 Å². The van der Waals surface area contributed by atoms with Crippen molar-refractivity contribution >= 4 is 75.5 Å². The summed E-state index contributed by atoms with van der Waals surface area (Å²) in [7, 11) is 2.95. The number of imide groups is 1. The fourth-order valence-corrected chi connectivity index (χ4v) is 4.53. The smallest absolute Gasteiger partial charge is 0.267 e. The third-order valence-corrected chi connectivity index (χ3v) is 6.95. The molecule has 1 aliphatic rings. The molecule has 0 aliphatic carbocycles. The molecule has 0 spiro atoms. The largest absolute Gasteiger partial charge is 0.497 e. The van der Waals surface area contributed by atoms with Crippen LogP contribution in [0, 0.1) is 0 Å². The number of hydrogen-bond acceptors (Lipinski definition) is 5. The molecule has 1 aliphatic heterocycles. The van der Waals surface area contributed by atoms with Gasteiger partial charge in [-0.2, -0.15) is 0 Å². The van der Waals surface area contributed by atoms with Gasteiger partial charge in [0, 0.05) is 6.07 Å². The van der Waals surface area contributed by atoms with E-state index in [1.54, 1.807) is 30.3 Å². The highest BCUT2D eigenvalue weighted by molar-refractivity contribution is 6.56. The molecule has 1 N–H and O–H groups in total. The first-order valence-corrected chi connectivity index (χ1v) is 11.1. The highest BCUT2D eigenvalue weighted by atomic mass is 35.5. The fraction of sp³-hybridized carbons (Fsp3) is 0.0870. The van der Waals surface area contributed by atoms with E-state index in [1.165, 1.54) is 26.4 Å². The van der Waals surface area contributed by atoms with Crippen molar-refractivity contribution in [2.24, 2.45) is 0 Å². The van der Waals surface area contributed by atoms with Crippen molar-refractivity contribution in [3.05, 3.63) is 79.2 Å². The Balaban J connectivity index is 1.76. The summed E-state index contributed by atoms with van der Waals surface area (Å²) in [6, 6.07) is 10.9. The highest BCUT2D eigenvalue weighted by Crippen LogP contribution is 2.46. The summed E-state index contributed by atoms with van der Waals surface area (Å²) in [5, 5.41) is 2.04. The van der Waals surface area contributed by atoms with E-state index in [2.05, 4.69) is 5.32 Å². The summed E-state index contributed by atoms with van der Waals surface area (Å²) in [6.45, 7) is 0. The number of hydrogen-bond donors (Lipinski definition) is 1. The van der Waals surface area contributed by atoms with Crippen molar-refractivity contribution in [2.45, 2.75) is 0 Å². The molecule has 0 atom stereocenters. The number of methoxy groups -OCH3 is 2. The molecular weight excluding hydrogens is 526 g/mol. The maximum absolute atomic E-state index is 13.2. The second-order valence-electron chi connectivity index (χ2n) is 6.99. The zero-order chi connectivity index (χ0) is 24.7. The van der Waals surface area contributed by atoms with E-state index < -0.39 is 17.7 Å². The monoisotopic (exact) mass is 538 g/mol. The third kappa shape index (κ3) is 3.84. The first kappa shape index (κ1) is 24.2. The van der Waals surface area contributed by atoms with Gasteiger partial charge in [0.15, 0.2) is 0 Å². The Hall–Kier alpha value is -2.97. The molecular formula is C23H14Cl4N2O5. The van der Waals surface area contributed by atoms with Gasteiger partial charge in [-0.15, -0.1) is 0 Å². The Kier molecular flexibility index (Phi) is 6.64. The molecule has 174 valence electrons. The van der Waals surface area contributed by atoms with E-state index in [4.69, 9.17) is 55.9 Å². The van der Waals surface area contributed by atoms with E-state index in [-0.39, 0.29) is 42.5 Å². The van der Waals surface area contributed by atoms with Crippen LogP contribution in [0.1, 0.15) is 31.1 Å². The standard InChI is InChI=1S/C23H14Cl4N2O5/c1-33-10-7-8-12(14(9-10)34-2)28-21(30)11-5-3-4-6-13(11)29-22(31)15-16(23(29)32)18(25)20(27)19(26)17(15)24/h3-9H,1-2H3,(H,28,30). The van der Waals surface area contributed by atoms with Crippen LogP contribution >= 0.6 is 46.4 Å². The lowest BCUT2D eigenvalue weighted by Crippen LogP contribution is -2.31. The molecule has 3 aromatic carbocycles. The van der Waals surface area contributed by atoms with Gasteiger partial charge >= 0.3 is 0 Å². The number of anilines is 2. The minimum absolute atomic E-state index is 0.0260. The van der Waals surface area contributed by atoms with E-state index in [0.29, 0.717) is 17.2 Å². The van der Waals surface area contributed by atoms with Crippen LogP contribution < -0.4 is 19.7 Å². The lowest BCUT2D eigenvalue weighted by atomic mass is 10.1. The van der Waals surface area contributed by atoms with Gasteiger partial charge in [0.2, 0.25) is 0 Å². The Morgan fingerprint density at radius 3 is 1.97 bits per heavy atom. The Bertz CT molecular complexity index is 1330. The molecule has 0 unspecified atom stereocenters. The maximum atomic E-state index is 13.2. The molecule has 0 aromatic heterocycles. The first-order valence-electron chi connectivity index (χ1n) is 9.58. The zero-order valence-corrected chi connectivity index (χ0v) is 20.6. The van der Waals surface area contributed by atoms with Gasteiger partial charge in [-0.05, 0) is 24.3 Å². The van der Waals surface area contributed by atoms with Gasteiger partial charge in [0.25, 0.3) is 17.7 Å². The van der Waals surface area contributed by atoms with Crippen LogP contribution in [0.3, 0.4) is 0 Å². The second kappa shape index (κ2) is 9.35. The van der Waals surface area contributed by atoms with Crippen molar-refractivity contribution in [3.63, 3.8) is 0 Å². The number of ether oxygens (including phenoxy) is 2. The summed E-state index contributed by atoms with van der Waals surface area (Å²) >= 11 is 24.6. The van der Waals surface area contributed by atoms with Gasteiger partial charge in [0.05, 0.1) is 62.4 Å². The van der Waals surface area contributed by atoms with Crippen LogP contribution in [-0.4, -0.2) is 31.9 Å². The highest BCUT2D eigenvalue weighted by Gasteiger charge is 2.43. The summed E-state index contributed by atoms with van der Waals surface area (Å²) in [4.78, 5) is 40.5. The van der Waals surface area contributed by atoms with E-state index in [1.807, 2.05) is 0 Å². The summed E-state index contributed by atoms with van der Waals surface area (Å²) < 4.78 is 10.5. The van der Waals surface area contributed by atoms with Crippen LogP contribution in [0.25, 0.3) is 0 Å². The Morgan fingerprint density at radius 1 is 0.824 bits per heavy atom. The van der Waals surface area contributed by atoms with Crippen molar-refractivity contribution < 1.29 is 23.9 Å². The average Bonchev–Trinajstić information content (AvgIpc) is 3.11. The number of benzene rings is 3. The van der Waals surface area contributed by atoms with E-state index in [0.717, 1.165) is 4.90 Å². The lowest BCUT2D eigenvalue weighted by molar-refractivity contribution is 0.0926. The van der Waals surface area contributed by atoms with Crippen molar-refractivity contribution in [2.75, 3.05) is 24.4 Å². The number of carbonyl (C=O) groups excluding carboxylic acids is 3. The molecule has 3 aromatic rings. The molecule has 4 rings (SSSR count). The number of fused-ring (bicyclic) bond motifs is 1. The van der Waals surface area contributed by atoms with Gasteiger partial charge < -0.3 is 14.8 Å². The molecule has 11 heteroatoms. The number of nitrogens with zero attached hydrogens (tertiary/aromatic N) is 1. The number of halogens is 4.